The van der Waals surface area contributed by atoms with Crippen molar-refractivity contribution in [3.05, 3.63) is 49.5 Å². The molecular formula is C12H14FN3O. The molecule has 0 radical (unpaired) electrons. The molecule has 2 amide bonds. The van der Waals surface area contributed by atoms with E-state index in [9.17, 15) is 9.18 Å². The number of amides is 2. The van der Waals surface area contributed by atoms with Gasteiger partial charge in [0.2, 0.25) is 0 Å². The van der Waals surface area contributed by atoms with Crippen molar-refractivity contribution in [1.29, 1.82) is 0 Å². The molecule has 1 heterocycles. The molecule has 4 nitrogen and oxygen atoms in total. The van der Waals surface area contributed by atoms with E-state index in [-0.39, 0.29) is 6.03 Å². The molecule has 0 saturated heterocycles. The van der Waals surface area contributed by atoms with Gasteiger partial charge in [0, 0.05) is 13.1 Å². The monoisotopic (exact) mass is 235 g/mol. The zero-order valence-corrected chi connectivity index (χ0v) is 9.40. The van der Waals surface area contributed by atoms with Crippen molar-refractivity contribution in [2.24, 2.45) is 0 Å². The van der Waals surface area contributed by atoms with Gasteiger partial charge in [-0.1, -0.05) is 12.2 Å². The van der Waals surface area contributed by atoms with Gasteiger partial charge in [-0.3, -0.25) is 5.32 Å². The fourth-order valence-corrected chi connectivity index (χ4v) is 1.19. The first kappa shape index (κ1) is 12.9. The average molecular weight is 235 g/mol. The largest absolute Gasteiger partial charge is 0.323 e. The molecule has 90 valence electrons. The van der Waals surface area contributed by atoms with Gasteiger partial charge in [-0.2, -0.15) is 0 Å². The smallest absolute Gasteiger partial charge is 0.317 e. The number of hydrogen-bond donors (Lipinski definition) is 1. The molecule has 0 aromatic carbocycles. The Balaban J connectivity index is 2.65. The summed E-state index contributed by atoms with van der Waals surface area (Å²) < 4.78 is 12.6. The summed E-state index contributed by atoms with van der Waals surface area (Å²) in [7, 11) is 0. The van der Waals surface area contributed by atoms with Crippen molar-refractivity contribution in [2.75, 3.05) is 18.4 Å². The third-order valence-electron chi connectivity index (χ3n) is 1.95. The predicted molar refractivity (Wildman–Crippen MR) is 65.2 cm³/mol. The molecule has 5 heteroatoms. The van der Waals surface area contributed by atoms with Gasteiger partial charge in [-0.25, -0.2) is 14.2 Å². The molecule has 0 spiro atoms. The van der Waals surface area contributed by atoms with Gasteiger partial charge in [0.25, 0.3) is 0 Å². The van der Waals surface area contributed by atoms with Gasteiger partial charge in [-0.05, 0) is 12.1 Å². The van der Waals surface area contributed by atoms with Gasteiger partial charge in [0.15, 0.2) is 0 Å². The molecule has 0 aliphatic heterocycles. The zero-order valence-electron chi connectivity index (χ0n) is 9.40. The van der Waals surface area contributed by atoms with Crippen LogP contribution in [-0.4, -0.2) is 29.0 Å². The Morgan fingerprint density at radius 1 is 1.41 bits per heavy atom. The van der Waals surface area contributed by atoms with Crippen molar-refractivity contribution in [2.45, 2.75) is 0 Å². The highest BCUT2D eigenvalue weighted by molar-refractivity contribution is 5.88. The highest BCUT2D eigenvalue weighted by atomic mass is 19.1. The van der Waals surface area contributed by atoms with Crippen molar-refractivity contribution < 1.29 is 9.18 Å². The second kappa shape index (κ2) is 6.42. The summed E-state index contributed by atoms with van der Waals surface area (Å²) in [5.41, 5.74) is 0. The Bertz CT molecular complexity index is 393. The molecule has 0 fully saturated rings. The molecule has 1 N–H and O–H groups in total. The van der Waals surface area contributed by atoms with Crippen LogP contribution in [0.25, 0.3) is 0 Å². The van der Waals surface area contributed by atoms with Crippen LogP contribution in [0.2, 0.25) is 0 Å². The highest BCUT2D eigenvalue weighted by Crippen LogP contribution is 2.05. The minimum absolute atomic E-state index is 0.300. The molecule has 1 aromatic heterocycles. The number of hydrogen-bond acceptors (Lipinski definition) is 2. The zero-order chi connectivity index (χ0) is 12.7. The number of urea groups is 1. The number of carbonyl (C=O) groups is 1. The Kier molecular flexibility index (Phi) is 4.87. The molecular weight excluding hydrogens is 221 g/mol. The lowest BCUT2D eigenvalue weighted by atomic mass is 10.4. The minimum Gasteiger partial charge on any atom is -0.317 e. The van der Waals surface area contributed by atoms with Crippen molar-refractivity contribution in [3.63, 3.8) is 0 Å². The van der Waals surface area contributed by atoms with Crippen LogP contribution in [0.3, 0.4) is 0 Å². The van der Waals surface area contributed by atoms with E-state index in [0.717, 1.165) is 6.20 Å². The first-order chi connectivity index (χ1) is 8.17. The number of rotatable bonds is 5. The van der Waals surface area contributed by atoms with E-state index in [1.54, 1.807) is 12.2 Å². The Morgan fingerprint density at radius 3 is 2.53 bits per heavy atom. The normalized spacial score (nSPS) is 9.47. The van der Waals surface area contributed by atoms with E-state index in [1.165, 1.54) is 17.0 Å². The van der Waals surface area contributed by atoms with Crippen LogP contribution in [0, 0.1) is 5.82 Å². The molecule has 0 bridgehead atoms. The topological polar surface area (TPSA) is 45.2 Å². The second-order valence-electron chi connectivity index (χ2n) is 3.27. The quantitative estimate of drug-likeness (QED) is 0.797. The summed E-state index contributed by atoms with van der Waals surface area (Å²) in [4.78, 5) is 17.0. The molecule has 0 aliphatic carbocycles. The first-order valence-electron chi connectivity index (χ1n) is 5.06. The van der Waals surface area contributed by atoms with Crippen LogP contribution in [0.1, 0.15) is 0 Å². The maximum Gasteiger partial charge on any atom is 0.323 e. The summed E-state index contributed by atoms with van der Waals surface area (Å²) in [5.74, 6) is -0.147. The number of halogens is 1. The predicted octanol–water partition coefficient (Wildman–Crippen LogP) is 2.43. The highest BCUT2D eigenvalue weighted by Gasteiger charge is 2.10. The number of nitrogens with one attached hydrogen (secondary N) is 1. The summed E-state index contributed by atoms with van der Waals surface area (Å²) >= 11 is 0. The van der Waals surface area contributed by atoms with E-state index in [2.05, 4.69) is 23.5 Å². The molecule has 17 heavy (non-hydrogen) atoms. The first-order valence-corrected chi connectivity index (χ1v) is 5.06. The van der Waals surface area contributed by atoms with Gasteiger partial charge in [-0.15, -0.1) is 13.2 Å². The van der Waals surface area contributed by atoms with Gasteiger partial charge < -0.3 is 4.90 Å². The third-order valence-corrected chi connectivity index (χ3v) is 1.95. The Morgan fingerprint density at radius 2 is 2.06 bits per heavy atom. The van der Waals surface area contributed by atoms with Crippen LogP contribution < -0.4 is 5.32 Å². The van der Waals surface area contributed by atoms with Crippen molar-refractivity contribution >= 4 is 11.8 Å². The number of carbonyl (C=O) groups excluding carboxylic acids is 1. The lowest BCUT2D eigenvalue weighted by Gasteiger charge is -2.19. The van der Waals surface area contributed by atoms with Gasteiger partial charge in [0.1, 0.15) is 11.6 Å². The lowest BCUT2D eigenvalue weighted by molar-refractivity contribution is 0.222. The second-order valence-corrected chi connectivity index (χ2v) is 3.27. The lowest BCUT2D eigenvalue weighted by Crippen LogP contribution is -2.35. The summed E-state index contributed by atoms with van der Waals surface area (Å²) in [6.45, 7) is 7.93. The van der Waals surface area contributed by atoms with E-state index < -0.39 is 5.82 Å². The van der Waals surface area contributed by atoms with Crippen molar-refractivity contribution in [3.8, 4) is 0 Å². The van der Waals surface area contributed by atoms with E-state index in [0.29, 0.717) is 18.9 Å². The fourth-order valence-electron chi connectivity index (χ4n) is 1.19. The van der Waals surface area contributed by atoms with Crippen molar-refractivity contribution in [1.82, 2.24) is 9.88 Å². The standard InChI is InChI=1S/C12H14FN3O/c1-3-7-16(8-4-2)12(17)15-11-6-5-10(13)9-14-11/h3-6,9H,1-2,7-8H2,(H,14,15,17). The van der Waals surface area contributed by atoms with E-state index in [1.807, 2.05) is 0 Å². The maximum absolute atomic E-state index is 12.6. The summed E-state index contributed by atoms with van der Waals surface area (Å²) in [6, 6.07) is 2.30. The Hall–Kier alpha value is -2.17. The van der Waals surface area contributed by atoms with Crippen LogP contribution in [0.4, 0.5) is 15.0 Å². The van der Waals surface area contributed by atoms with E-state index in [4.69, 9.17) is 0 Å². The van der Waals surface area contributed by atoms with E-state index >= 15 is 0 Å². The van der Waals surface area contributed by atoms with Crippen LogP contribution in [-0.2, 0) is 0 Å². The fraction of sp³-hybridized carbons (Fsp3) is 0.167. The number of nitrogens with zero attached hydrogens (tertiary/aromatic N) is 2. The maximum atomic E-state index is 12.6. The number of aromatic nitrogens is 1. The van der Waals surface area contributed by atoms with Crippen LogP contribution >= 0.6 is 0 Å². The van der Waals surface area contributed by atoms with Crippen LogP contribution in [0.15, 0.2) is 43.6 Å². The van der Waals surface area contributed by atoms with Gasteiger partial charge in [0.05, 0.1) is 6.20 Å². The van der Waals surface area contributed by atoms with Crippen LogP contribution in [0.5, 0.6) is 0 Å². The van der Waals surface area contributed by atoms with Gasteiger partial charge >= 0.3 is 6.03 Å². The molecule has 0 unspecified atom stereocenters. The molecule has 0 atom stereocenters. The molecule has 1 rings (SSSR count). The summed E-state index contributed by atoms with van der Waals surface area (Å²) in [5, 5.41) is 2.55. The average Bonchev–Trinajstić information content (AvgIpc) is 2.32. The third kappa shape index (κ3) is 4.06. The number of anilines is 1. The Labute approximate surface area is 99.5 Å². The molecule has 0 saturated carbocycles. The summed E-state index contributed by atoms with van der Waals surface area (Å²) in [6.07, 6.45) is 4.27. The SMILES string of the molecule is C=CCN(CC=C)C(=O)Nc1ccc(F)cn1. The number of pyridine rings is 1. The minimum atomic E-state index is -0.447. The molecule has 0 aliphatic rings. The molecule has 1 aromatic rings.